The Morgan fingerprint density at radius 2 is 1.78 bits per heavy atom. The fraction of sp³-hybridized carbons (Fsp3) is 0.294. The Labute approximate surface area is 269 Å². The lowest BCUT2D eigenvalue weighted by molar-refractivity contribution is -0.132. The van der Waals surface area contributed by atoms with Crippen molar-refractivity contribution in [3.05, 3.63) is 94.1 Å². The Morgan fingerprint density at radius 1 is 1.02 bits per heavy atom. The summed E-state index contributed by atoms with van der Waals surface area (Å²) in [6.45, 7) is 8.58. The number of aliphatic hydroxyl groups excluding tert-OH is 1. The number of aryl methyl sites for hydroxylation is 1. The maximum Gasteiger partial charge on any atom is 0.301 e. The monoisotopic (exact) mass is 643 g/mol. The topological polar surface area (TPSA) is 111 Å². The Kier molecular flexibility index (Phi) is 8.82. The summed E-state index contributed by atoms with van der Waals surface area (Å²) in [5.74, 6) is 0.559. The zero-order valence-electron chi connectivity index (χ0n) is 25.4. The molecule has 45 heavy (non-hydrogen) atoms. The fourth-order valence-corrected chi connectivity index (χ4v) is 7.32. The van der Waals surface area contributed by atoms with Crippen molar-refractivity contribution in [2.45, 2.75) is 56.4 Å². The molecule has 11 heteroatoms. The molecule has 1 N–H and O–H groups in total. The highest BCUT2D eigenvalue weighted by Crippen LogP contribution is 2.46. The normalized spacial score (nSPS) is 18.6. The molecule has 3 heterocycles. The van der Waals surface area contributed by atoms with Gasteiger partial charge in [0, 0.05) is 17.7 Å². The summed E-state index contributed by atoms with van der Waals surface area (Å²) in [5.41, 5.74) is 4.19. The predicted octanol–water partition coefficient (Wildman–Crippen LogP) is 6.89. The van der Waals surface area contributed by atoms with E-state index in [0.717, 1.165) is 16.9 Å². The number of rotatable bonds is 10. The Morgan fingerprint density at radius 3 is 2.53 bits per heavy atom. The maximum atomic E-state index is 13.8. The number of carbonyl (C=O) groups is 2. The van der Waals surface area contributed by atoms with E-state index in [4.69, 9.17) is 14.2 Å². The van der Waals surface area contributed by atoms with E-state index in [2.05, 4.69) is 34.5 Å². The van der Waals surface area contributed by atoms with Crippen LogP contribution in [0.15, 0.2) is 70.6 Å². The fourth-order valence-electron chi connectivity index (χ4n) is 5.50. The second-order valence-electron chi connectivity index (χ2n) is 10.8. The zero-order valence-corrected chi connectivity index (χ0v) is 27.0. The number of fused-ring (bicyclic) bond motifs is 1. The summed E-state index contributed by atoms with van der Waals surface area (Å²) in [6, 6.07) is 17.8. The average Bonchev–Trinajstić information content (AvgIpc) is 3.72. The number of amides is 1. The molecule has 1 amide bonds. The lowest BCUT2D eigenvalue weighted by Gasteiger charge is -2.23. The zero-order chi connectivity index (χ0) is 31.7. The number of carbonyl (C=O) groups excluding carboxylic acids is 2. The minimum Gasteiger partial charge on any atom is -0.507 e. The number of thioether (sulfide) groups is 1. The van der Waals surface area contributed by atoms with E-state index >= 15 is 0 Å². The molecule has 0 aliphatic carbocycles. The van der Waals surface area contributed by atoms with Crippen molar-refractivity contribution in [2.24, 2.45) is 0 Å². The molecule has 2 aliphatic heterocycles. The van der Waals surface area contributed by atoms with Gasteiger partial charge in [-0.05, 0) is 74.7 Å². The first-order valence-corrected chi connectivity index (χ1v) is 16.6. The van der Waals surface area contributed by atoms with Gasteiger partial charge in [-0.3, -0.25) is 14.5 Å². The van der Waals surface area contributed by atoms with Crippen LogP contribution in [0.4, 0.5) is 5.13 Å². The molecule has 6 rings (SSSR count). The van der Waals surface area contributed by atoms with E-state index in [1.165, 1.54) is 33.6 Å². The molecule has 3 aromatic carbocycles. The van der Waals surface area contributed by atoms with E-state index in [1.807, 2.05) is 33.8 Å². The minimum atomic E-state index is -0.980. The first-order valence-electron chi connectivity index (χ1n) is 14.8. The Bertz CT molecular complexity index is 1780. The summed E-state index contributed by atoms with van der Waals surface area (Å²) in [5, 5.41) is 20.6. The molecule has 0 unspecified atom stereocenters. The van der Waals surface area contributed by atoms with Crippen LogP contribution < -0.4 is 19.1 Å². The van der Waals surface area contributed by atoms with Crippen molar-refractivity contribution >= 4 is 45.7 Å². The van der Waals surface area contributed by atoms with E-state index in [1.54, 1.807) is 30.3 Å². The molecule has 2 aliphatic rings. The van der Waals surface area contributed by atoms with Gasteiger partial charge in [0.05, 0.1) is 24.8 Å². The van der Waals surface area contributed by atoms with Gasteiger partial charge in [0.1, 0.15) is 17.6 Å². The predicted molar refractivity (Wildman–Crippen MR) is 174 cm³/mol. The summed E-state index contributed by atoms with van der Waals surface area (Å²) < 4.78 is 18.1. The molecule has 1 aromatic heterocycles. The Hall–Kier alpha value is -4.35. The van der Waals surface area contributed by atoms with Crippen molar-refractivity contribution in [3.63, 3.8) is 0 Å². The van der Waals surface area contributed by atoms with Crippen LogP contribution in [0.2, 0.25) is 0 Å². The highest BCUT2D eigenvalue weighted by atomic mass is 32.2. The van der Waals surface area contributed by atoms with Crippen molar-refractivity contribution in [1.82, 2.24) is 10.2 Å². The number of ether oxygens (including phenoxy) is 3. The highest BCUT2D eigenvalue weighted by Gasteiger charge is 2.48. The number of hydrogen-bond donors (Lipinski definition) is 1. The molecule has 1 saturated heterocycles. The van der Waals surface area contributed by atoms with Crippen molar-refractivity contribution in [2.75, 3.05) is 18.1 Å². The van der Waals surface area contributed by atoms with Crippen molar-refractivity contribution < 1.29 is 28.9 Å². The van der Waals surface area contributed by atoms with Crippen molar-refractivity contribution in [3.8, 4) is 17.2 Å². The van der Waals surface area contributed by atoms with Gasteiger partial charge in [0.2, 0.25) is 5.13 Å². The van der Waals surface area contributed by atoms with Gasteiger partial charge in [-0.1, -0.05) is 59.0 Å². The third-order valence-electron chi connectivity index (χ3n) is 7.58. The van der Waals surface area contributed by atoms with Gasteiger partial charge < -0.3 is 19.3 Å². The van der Waals surface area contributed by atoms with E-state index in [0.29, 0.717) is 52.4 Å². The number of ketones is 1. The lowest BCUT2D eigenvalue weighted by atomic mass is 9.94. The second kappa shape index (κ2) is 12.9. The number of hydrogen-bond acceptors (Lipinski definition) is 10. The number of anilines is 1. The van der Waals surface area contributed by atoms with Crippen LogP contribution in [0, 0.1) is 6.92 Å². The van der Waals surface area contributed by atoms with Gasteiger partial charge in [-0.25, -0.2) is 0 Å². The van der Waals surface area contributed by atoms with Crippen LogP contribution in [-0.2, 0) is 21.8 Å². The van der Waals surface area contributed by atoms with Gasteiger partial charge >= 0.3 is 5.91 Å². The van der Waals surface area contributed by atoms with Crippen LogP contribution in [0.1, 0.15) is 54.6 Å². The molecule has 1 fully saturated rings. The Balaban J connectivity index is 1.42. The molecule has 0 saturated carbocycles. The number of Topliss-reactive ketones (excluding diaryl/α,β-unsaturated/α-hetero) is 1. The molecule has 0 radical (unpaired) electrons. The number of aromatic nitrogens is 2. The third-order valence-corrected chi connectivity index (χ3v) is 9.71. The largest absolute Gasteiger partial charge is 0.507 e. The molecule has 232 valence electrons. The quantitative estimate of drug-likeness (QED) is 0.0650. The standard InChI is InChI=1S/C34H33N3O6S2/c1-5-41-26-14-11-22(17-27(26)42-6-2)29-28(30(38)23-12-13-25-24(16-23)15-20(4)43-25)31(39)32(40)37(29)33-35-36-34(45-33)44-18-21-9-7-19(3)8-10-21/h7-14,16-17,20,29,38H,5-6,15,18H2,1-4H3/t20-,29+/m0/s1. The summed E-state index contributed by atoms with van der Waals surface area (Å²) in [6.07, 6.45) is 0.692. The molecule has 4 aromatic rings. The summed E-state index contributed by atoms with van der Waals surface area (Å²) in [4.78, 5) is 28.8. The molecule has 9 nitrogen and oxygen atoms in total. The van der Waals surface area contributed by atoms with Gasteiger partial charge in [-0.2, -0.15) is 0 Å². The van der Waals surface area contributed by atoms with E-state index < -0.39 is 17.7 Å². The first kappa shape index (κ1) is 30.7. The lowest BCUT2D eigenvalue weighted by Crippen LogP contribution is -2.29. The van der Waals surface area contributed by atoms with E-state index in [-0.39, 0.29) is 22.6 Å². The molecule has 0 spiro atoms. The number of benzene rings is 3. The maximum absolute atomic E-state index is 13.8. The second-order valence-corrected chi connectivity index (χ2v) is 13.0. The highest BCUT2D eigenvalue weighted by molar-refractivity contribution is 8.00. The van der Waals surface area contributed by atoms with E-state index in [9.17, 15) is 14.7 Å². The molecule has 2 atom stereocenters. The van der Waals surface area contributed by atoms with Crippen LogP contribution in [0.5, 0.6) is 17.2 Å². The van der Waals surface area contributed by atoms with Crippen LogP contribution in [-0.4, -0.2) is 46.3 Å². The van der Waals surface area contributed by atoms with Crippen molar-refractivity contribution in [1.29, 1.82) is 0 Å². The third kappa shape index (κ3) is 6.14. The molecule has 0 bridgehead atoms. The summed E-state index contributed by atoms with van der Waals surface area (Å²) >= 11 is 2.73. The van der Waals surface area contributed by atoms with Gasteiger partial charge in [0.25, 0.3) is 5.78 Å². The smallest absolute Gasteiger partial charge is 0.301 e. The summed E-state index contributed by atoms with van der Waals surface area (Å²) in [7, 11) is 0. The van der Waals surface area contributed by atoms with Crippen LogP contribution in [0.3, 0.4) is 0 Å². The van der Waals surface area contributed by atoms with Gasteiger partial charge in [-0.15, -0.1) is 10.2 Å². The van der Waals surface area contributed by atoms with Gasteiger partial charge in [0.15, 0.2) is 15.8 Å². The average molecular weight is 644 g/mol. The molecular weight excluding hydrogens is 611 g/mol. The SMILES string of the molecule is CCOc1ccc([C@@H]2C(=C(O)c3ccc4c(c3)C[C@H](C)O4)C(=O)C(=O)N2c2nnc(SCc3ccc(C)cc3)s2)cc1OCC. The number of nitrogens with zero attached hydrogens (tertiary/aromatic N) is 3. The minimum absolute atomic E-state index is 0.0132. The van der Waals surface area contributed by atoms with Crippen LogP contribution >= 0.6 is 23.1 Å². The molecular formula is C34H33N3O6S2. The number of aliphatic hydroxyl groups is 1. The van der Waals surface area contributed by atoms with Crippen LogP contribution in [0.25, 0.3) is 5.76 Å². The first-order chi connectivity index (χ1) is 21.8.